The molecule has 5 aromatic rings. The maximum atomic E-state index is 13.8. The third-order valence-electron chi connectivity index (χ3n) is 6.90. The summed E-state index contributed by atoms with van der Waals surface area (Å²) in [5.74, 6) is -0.506. The van der Waals surface area contributed by atoms with Crippen LogP contribution in [0, 0.1) is 6.92 Å². The molecule has 1 N–H and O–H groups in total. The van der Waals surface area contributed by atoms with Gasteiger partial charge in [0.05, 0.1) is 6.54 Å². The van der Waals surface area contributed by atoms with Crippen LogP contribution in [0.2, 0.25) is 5.15 Å². The third-order valence-corrected chi connectivity index (χ3v) is 7.23. The Kier molecular flexibility index (Phi) is 7.50. The van der Waals surface area contributed by atoms with E-state index in [1.54, 1.807) is 24.5 Å². The molecule has 39 heavy (non-hydrogen) atoms. The summed E-state index contributed by atoms with van der Waals surface area (Å²) in [5, 5.41) is 1.94. The highest BCUT2D eigenvalue weighted by molar-refractivity contribution is 6.30. The van der Waals surface area contributed by atoms with Crippen LogP contribution in [-0.4, -0.2) is 57.6 Å². The summed E-state index contributed by atoms with van der Waals surface area (Å²) >= 11 is 6.65. The van der Waals surface area contributed by atoms with Crippen molar-refractivity contribution in [3.63, 3.8) is 0 Å². The molecule has 0 saturated carbocycles. The van der Waals surface area contributed by atoms with E-state index in [2.05, 4.69) is 27.9 Å². The van der Waals surface area contributed by atoms with Crippen LogP contribution in [0.25, 0.3) is 33.1 Å². The molecule has 9 heteroatoms. The molecule has 0 amide bonds. The van der Waals surface area contributed by atoms with Crippen LogP contribution in [0.15, 0.2) is 59.7 Å². The quantitative estimate of drug-likeness (QED) is 0.213. The van der Waals surface area contributed by atoms with Crippen LogP contribution in [0.3, 0.4) is 0 Å². The average molecular weight is 544 g/mol. The Balaban J connectivity index is 1.80. The molecule has 0 spiro atoms. The number of esters is 1. The number of H-pyrrole nitrogens is 1. The van der Waals surface area contributed by atoms with Crippen molar-refractivity contribution in [2.75, 3.05) is 27.2 Å². The first-order valence-corrected chi connectivity index (χ1v) is 13.2. The summed E-state index contributed by atoms with van der Waals surface area (Å²) in [6.07, 6.45) is 4.07. The van der Waals surface area contributed by atoms with Gasteiger partial charge in [-0.25, -0.2) is 14.8 Å². The van der Waals surface area contributed by atoms with Gasteiger partial charge >= 0.3 is 5.97 Å². The minimum Gasteiger partial charge on any atom is -0.460 e. The highest BCUT2D eigenvalue weighted by Crippen LogP contribution is 2.37. The molecule has 8 nitrogen and oxygen atoms in total. The van der Waals surface area contributed by atoms with Crippen LogP contribution in [-0.2, 0) is 17.7 Å². The monoisotopic (exact) mass is 543 g/mol. The van der Waals surface area contributed by atoms with Crippen molar-refractivity contribution in [2.45, 2.75) is 26.8 Å². The van der Waals surface area contributed by atoms with Crippen molar-refractivity contribution in [2.24, 2.45) is 0 Å². The zero-order valence-corrected chi connectivity index (χ0v) is 23.2. The predicted octanol–water partition coefficient (Wildman–Crippen LogP) is 5.23. The standard InChI is InChI=1S/C30H30ClN5O3/c1-5-19-16-24-23(14-18(19)2)25(22-9-7-11-33-29(22)37)26(30(38)39-13-12-35(3)4)36(24)17-21-15-20-8-6-10-32-28(20)34-27(21)31/h6-11,14-16H,5,12-13,17H2,1-4H3,(H,33,37). The number of halogens is 1. The Labute approximate surface area is 231 Å². The highest BCUT2D eigenvalue weighted by Gasteiger charge is 2.28. The Morgan fingerprint density at radius 2 is 1.97 bits per heavy atom. The van der Waals surface area contributed by atoms with E-state index < -0.39 is 5.97 Å². The van der Waals surface area contributed by atoms with Crippen molar-refractivity contribution < 1.29 is 9.53 Å². The second-order valence-electron chi connectivity index (χ2n) is 9.80. The van der Waals surface area contributed by atoms with Crippen molar-refractivity contribution in [3.05, 3.63) is 92.7 Å². The maximum absolute atomic E-state index is 13.8. The van der Waals surface area contributed by atoms with E-state index >= 15 is 0 Å². The van der Waals surface area contributed by atoms with Gasteiger partial charge < -0.3 is 19.2 Å². The number of hydrogen-bond donors (Lipinski definition) is 1. The molecule has 0 saturated heterocycles. The number of rotatable bonds is 8. The van der Waals surface area contributed by atoms with E-state index in [4.69, 9.17) is 16.3 Å². The third kappa shape index (κ3) is 5.17. The molecule has 0 atom stereocenters. The lowest BCUT2D eigenvalue weighted by molar-refractivity contribution is 0.0471. The van der Waals surface area contributed by atoms with Crippen molar-refractivity contribution in [1.82, 2.24) is 24.4 Å². The zero-order chi connectivity index (χ0) is 27.7. The topological polar surface area (TPSA) is 93.1 Å². The van der Waals surface area contributed by atoms with Crippen molar-refractivity contribution in [3.8, 4) is 11.1 Å². The Morgan fingerprint density at radius 1 is 1.15 bits per heavy atom. The van der Waals surface area contributed by atoms with Gasteiger partial charge in [0.15, 0.2) is 5.65 Å². The van der Waals surface area contributed by atoms with Gasteiger partial charge in [0.2, 0.25) is 0 Å². The number of ether oxygens (including phenoxy) is 1. The summed E-state index contributed by atoms with van der Waals surface area (Å²) in [4.78, 5) is 40.4. The SMILES string of the molecule is CCc1cc2c(cc1C)c(-c1ccc[nH]c1=O)c(C(=O)OCCN(C)C)n2Cc1cc2cccnc2nc1Cl. The number of aromatic amines is 1. The van der Waals surface area contributed by atoms with E-state index in [-0.39, 0.29) is 18.7 Å². The highest BCUT2D eigenvalue weighted by atomic mass is 35.5. The molecule has 0 radical (unpaired) electrons. The van der Waals surface area contributed by atoms with Gasteiger partial charge in [0.25, 0.3) is 5.56 Å². The number of benzene rings is 1. The van der Waals surface area contributed by atoms with Gasteiger partial charge in [-0.3, -0.25) is 4.79 Å². The van der Waals surface area contributed by atoms with E-state index in [1.165, 1.54) is 0 Å². The first kappa shape index (κ1) is 26.6. The van der Waals surface area contributed by atoms with Gasteiger partial charge in [0.1, 0.15) is 17.5 Å². The lowest BCUT2D eigenvalue weighted by Gasteiger charge is -2.15. The second kappa shape index (κ2) is 11.0. The van der Waals surface area contributed by atoms with Crippen LogP contribution < -0.4 is 5.56 Å². The lowest BCUT2D eigenvalue weighted by Crippen LogP contribution is -2.22. The molecule has 0 unspecified atom stereocenters. The molecule has 0 aliphatic rings. The van der Waals surface area contributed by atoms with E-state index in [0.717, 1.165) is 39.4 Å². The number of likely N-dealkylation sites (N-methyl/N-ethyl adjacent to an activating group) is 1. The molecule has 4 heterocycles. The number of aromatic nitrogens is 4. The first-order valence-electron chi connectivity index (χ1n) is 12.8. The molecular formula is C30H30ClN5O3. The normalized spacial score (nSPS) is 11.5. The molecule has 200 valence electrons. The summed E-state index contributed by atoms with van der Waals surface area (Å²) in [6.45, 7) is 5.17. The fourth-order valence-electron chi connectivity index (χ4n) is 4.89. The molecule has 0 aliphatic heterocycles. The largest absolute Gasteiger partial charge is 0.460 e. The Bertz CT molecular complexity index is 1760. The average Bonchev–Trinajstić information content (AvgIpc) is 3.21. The predicted molar refractivity (Wildman–Crippen MR) is 155 cm³/mol. The van der Waals surface area contributed by atoms with Crippen LogP contribution in [0.1, 0.15) is 34.1 Å². The summed E-state index contributed by atoms with van der Waals surface area (Å²) in [7, 11) is 3.83. The maximum Gasteiger partial charge on any atom is 0.355 e. The number of pyridine rings is 3. The van der Waals surface area contributed by atoms with Gasteiger partial charge in [0, 0.05) is 51.9 Å². The number of carbonyl (C=O) groups excluding carboxylic acids is 1. The number of carbonyl (C=O) groups is 1. The number of hydrogen-bond acceptors (Lipinski definition) is 6. The van der Waals surface area contributed by atoms with Crippen LogP contribution in [0.4, 0.5) is 0 Å². The van der Waals surface area contributed by atoms with Gasteiger partial charge in [-0.1, -0.05) is 18.5 Å². The molecule has 4 aromatic heterocycles. The Hall–Kier alpha value is -4.01. The summed E-state index contributed by atoms with van der Waals surface area (Å²) < 4.78 is 7.67. The minimum absolute atomic E-state index is 0.209. The molecule has 5 rings (SSSR count). The minimum atomic E-state index is -0.506. The van der Waals surface area contributed by atoms with Gasteiger partial charge in [-0.15, -0.1) is 0 Å². The fourth-order valence-corrected chi connectivity index (χ4v) is 5.09. The fraction of sp³-hybridized carbons (Fsp3) is 0.267. The van der Waals surface area contributed by atoms with E-state index in [0.29, 0.717) is 34.2 Å². The van der Waals surface area contributed by atoms with Crippen LogP contribution in [0.5, 0.6) is 0 Å². The molecular weight excluding hydrogens is 514 g/mol. The van der Waals surface area contributed by atoms with Gasteiger partial charge in [-0.05, 0) is 81.0 Å². The summed E-state index contributed by atoms with van der Waals surface area (Å²) in [5.41, 5.74) is 5.28. The van der Waals surface area contributed by atoms with Crippen molar-refractivity contribution in [1.29, 1.82) is 0 Å². The second-order valence-corrected chi connectivity index (χ2v) is 10.2. The summed E-state index contributed by atoms with van der Waals surface area (Å²) in [6, 6.07) is 13.3. The van der Waals surface area contributed by atoms with E-state index in [9.17, 15) is 9.59 Å². The molecule has 1 aromatic carbocycles. The molecule has 0 aliphatic carbocycles. The zero-order valence-electron chi connectivity index (χ0n) is 22.4. The van der Waals surface area contributed by atoms with Crippen molar-refractivity contribution >= 4 is 39.5 Å². The smallest absolute Gasteiger partial charge is 0.355 e. The number of aryl methyl sites for hydroxylation is 2. The Morgan fingerprint density at radius 3 is 2.72 bits per heavy atom. The number of nitrogens with one attached hydrogen (secondary N) is 1. The molecule has 0 bridgehead atoms. The first-order chi connectivity index (χ1) is 18.8. The lowest BCUT2D eigenvalue weighted by atomic mass is 9.98. The number of nitrogens with zero attached hydrogens (tertiary/aromatic N) is 4. The molecule has 0 fully saturated rings. The van der Waals surface area contributed by atoms with Gasteiger partial charge in [-0.2, -0.15) is 0 Å². The number of fused-ring (bicyclic) bond motifs is 2. The van der Waals surface area contributed by atoms with E-state index in [1.807, 2.05) is 54.8 Å². The van der Waals surface area contributed by atoms with Crippen LogP contribution >= 0.6 is 11.6 Å².